The van der Waals surface area contributed by atoms with E-state index in [1.165, 1.54) is 19.4 Å². The Bertz CT molecular complexity index is 298. The molecule has 0 bridgehead atoms. The van der Waals surface area contributed by atoms with Crippen molar-refractivity contribution >= 4 is 5.91 Å². The van der Waals surface area contributed by atoms with Crippen molar-refractivity contribution in [2.45, 2.75) is 58.1 Å². The van der Waals surface area contributed by atoms with Gasteiger partial charge in [-0.25, -0.2) is 0 Å². The first-order chi connectivity index (χ1) is 8.96. The molecule has 1 atom stereocenters. The first-order valence-corrected chi connectivity index (χ1v) is 7.61. The fourth-order valence-corrected chi connectivity index (χ4v) is 3.03. The van der Waals surface area contributed by atoms with Crippen molar-refractivity contribution in [3.63, 3.8) is 0 Å². The van der Waals surface area contributed by atoms with E-state index in [0.29, 0.717) is 6.04 Å². The van der Waals surface area contributed by atoms with Gasteiger partial charge in [-0.1, -0.05) is 0 Å². The Morgan fingerprint density at radius 2 is 1.95 bits per heavy atom. The topological polar surface area (TPSA) is 41.6 Å². The van der Waals surface area contributed by atoms with E-state index in [0.717, 1.165) is 31.8 Å². The van der Waals surface area contributed by atoms with Crippen molar-refractivity contribution in [3.05, 3.63) is 0 Å². The molecule has 0 aromatic carbocycles. The molecular weight excluding hydrogens is 240 g/mol. The summed E-state index contributed by atoms with van der Waals surface area (Å²) in [6.07, 6.45) is 4.90. The number of hydrogen-bond donors (Lipinski definition) is 1. The highest BCUT2D eigenvalue weighted by molar-refractivity contribution is 5.77. The average Bonchev–Trinajstić information content (AvgIpc) is 2.89. The van der Waals surface area contributed by atoms with E-state index in [1.54, 1.807) is 0 Å². The lowest BCUT2D eigenvalue weighted by Crippen LogP contribution is -2.45. The molecular formula is C15H28N2O2. The molecule has 1 N–H and O–H groups in total. The zero-order chi connectivity index (χ0) is 13.9. The second-order valence-corrected chi connectivity index (χ2v) is 6.82. The number of carbonyl (C=O) groups excluding carboxylic acids is 1. The molecule has 0 saturated carbocycles. The van der Waals surface area contributed by atoms with Crippen LogP contribution in [0.25, 0.3) is 0 Å². The molecule has 2 saturated heterocycles. The second kappa shape index (κ2) is 6.23. The number of likely N-dealkylation sites (tertiary alicyclic amines) is 1. The summed E-state index contributed by atoms with van der Waals surface area (Å²) in [6.45, 7) is 9.14. The molecule has 1 unspecified atom stereocenters. The SMILES string of the molecule is CC(C)(C)OCC(=O)N1CCC(C2CCCN2)CC1. The first-order valence-electron chi connectivity index (χ1n) is 7.61. The molecule has 0 spiro atoms. The zero-order valence-electron chi connectivity index (χ0n) is 12.6. The number of nitrogens with zero attached hydrogens (tertiary/aromatic N) is 1. The molecule has 2 aliphatic rings. The van der Waals surface area contributed by atoms with E-state index in [9.17, 15) is 4.79 Å². The predicted molar refractivity (Wildman–Crippen MR) is 76.0 cm³/mol. The van der Waals surface area contributed by atoms with E-state index in [4.69, 9.17) is 4.74 Å². The lowest BCUT2D eigenvalue weighted by molar-refractivity contribution is -0.142. The molecule has 2 fully saturated rings. The van der Waals surface area contributed by atoms with Crippen molar-refractivity contribution in [1.29, 1.82) is 0 Å². The summed E-state index contributed by atoms with van der Waals surface area (Å²) in [5.74, 6) is 0.905. The minimum atomic E-state index is -0.234. The second-order valence-electron chi connectivity index (χ2n) is 6.82. The Balaban J connectivity index is 1.71. The van der Waals surface area contributed by atoms with Gasteiger partial charge in [0.05, 0.1) is 5.60 Å². The number of nitrogens with one attached hydrogen (secondary N) is 1. The van der Waals surface area contributed by atoms with Crippen molar-refractivity contribution in [2.75, 3.05) is 26.2 Å². The molecule has 4 heteroatoms. The highest BCUT2D eigenvalue weighted by atomic mass is 16.5. The number of carbonyl (C=O) groups is 1. The van der Waals surface area contributed by atoms with Crippen LogP contribution in [0.5, 0.6) is 0 Å². The normalized spacial score (nSPS) is 25.8. The van der Waals surface area contributed by atoms with Gasteiger partial charge in [0, 0.05) is 19.1 Å². The maximum atomic E-state index is 12.1. The number of ether oxygens (including phenoxy) is 1. The molecule has 2 rings (SSSR count). The van der Waals surface area contributed by atoms with Crippen LogP contribution in [-0.4, -0.2) is 48.7 Å². The van der Waals surface area contributed by atoms with Gasteiger partial charge in [0.25, 0.3) is 0 Å². The zero-order valence-corrected chi connectivity index (χ0v) is 12.6. The summed E-state index contributed by atoms with van der Waals surface area (Å²) < 4.78 is 5.57. The smallest absolute Gasteiger partial charge is 0.248 e. The Hall–Kier alpha value is -0.610. The predicted octanol–water partition coefficient (Wildman–Crippen LogP) is 1.79. The van der Waals surface area contributed by atoms with Crippen molar-refractivity contribution in [1.82, 2.24) is 10.2 Å². The molecule has 4 nitrogen and oxygen atoms in total. The number of piperidine rings is 1. The van der Waals surface area contributed by atoms with Crippen LogP contribution in [0.4, 0.5) is 0 Å². The standard InChI is InChI=1S/C15H28N2O2/c1-15(2,3)19-11-14(18)17-9-6-12(7-10-17)13-5-4-8-16-13/h12-13,16H,4-11H2,1-3H3. The monoisotopic (exact) mass is 268 g/mol. The Labute approximate surface area is 116 Å². The molecule has 0 aromatic rings. The largest absolute Gasteiger partial charge is 0.366 e. The quantitative estimate of drug-likeness (QED) is 0.848. The van der Waals surface area contributed by atoms with Crippen molar-refractivity contribution < 1.29 is 9.53 Å². The van der Waals surface area contributed by atoms with Gasteiger partial charge in [-0.05, 0) is 58.9 Å². The van der Waals surface area contributed by atoms with Crippen LogP contribution in [0, 0.1) is 5.92 Å². The minimum absolute atomic E-state index is 0.146. The molecule has 0 aliphatic carbocycles. The maximum absolute atomic E-state index is 12.1. The Kier molecular flexibility index (Phi) is 4.85. The van der Waals surface area contributed by atoms with Gasteiger partial charge in [-0.3, -0.25) is 4.79 Å². The summed E-state index contributed by atoms with van der Waals surface area (Å²) in [5.41, 5.74) is -0.234. The molecule has 110 valence electrons. The molecule has 1 amide bonds. The van der Waals surface area contributed by atoms with Crippen LogP contribution in [-0.2, 0) is 9.53 Å². The highest BCUT2D eigenvalue weighted by Crippen LogP contribution is 2.25. The van der Waals surface area contributed by atoms with Crippen LogP contribution in [0.2, 0.25) is 0 Å². The van der Waals surface area contributed by atoms with E-state index in [-0.39, 0.29) is 18.1 Å². The fraction of sp³-hybridized carbons (Fsp3) is 0.933. The summed E-state index contributed by atoms with van der Waals surface area (Å²) in [4.78, 5) is 14.0. The van der Waals surface area contributed by atoms with Gasteiger partial charge in [0.15, 0.2) is 0 Å². The number of rotatable bonds is 3. The summed E-state index contributed by atoms with van der Waals surface area (Å²) in [7, 11) is 0. The van der Waals surface area contributed by atoms with Crippen LogP contribution >= 0.6 is 0 Å². The lowest BCUT2D eigenvalue weighted by Gasteiger charge is -2.35. The lowest BCUT2D eigenvalue weighted by atomic mass is 9.88. The average molecular weight is 268 g/mol. The third kappa shape index (κ3) is 4.46. The van der Waals surface area contributed by atoms with Gasteiger partial charge in [-0.15, -0.1) is 0 Å². The maximum Gasteiger partial charge on any atom is 0.248 e. The highest BCUT2D eigenvalue weighted by Gasteiger charge is 2.30. The fourth-order valence-electron chi connectivity index (χ4n) is 3.03. The molecule has 19 heavy (non-hydrogen) atoms. The third-order valence-electron chi connectivity index (χ3n) is 4.19. The molecule has 0 aromatic heterocycles. The number of hydrogen-bond acceptors (Lipinski definition) is 3. The van der Waals surface area contributed by atoms with Crippen LogP contribution in [0.15, 0.2) is 0 Å². The van der Waals surface area contributed by atoms with E-state index in [1.807, 2.05) is 25.7 Å². The Morgan fingerprint density at radius 1 is 1.26 bits per heavy atom. The van der Waals surface area contributed by atoms with Crippen LogP contribution in [0.1, 0.15) is 46.5 Å². The van der Waals surface area contributed by atoms with E-state index >= 15 is 0 Å². The third-order valence-corrected chi connectivity index (χ3v) is 4.19. The molecule has 2 aliphatic heterocycles. The van der Waals surface area contributed by atoms with Gasteiger partial charge in [0.2, 0.25) is 5.91 Å². The van der Waals surface area contributed by atoms with Crippen LogP contribution < -0.4 is 5.32 Å². The number of amides is 1. The van der Waals surface area contributed by atoms with Gasteiger partial charge in [0.1, 0.15) is 6.61 Å². The van der Waals surface area contributed by atoms with Gasteiger partial charge >= 0.3 is 0 Å². The first kappa shape index (κ1) is 14.8. The summed E-state index contributed by atoms with van der Waals surface area (Å²) in [6, 6.07) is 0.697. The van der Waals surface area contributed by atoms with Crippen molar-refractivity contribution in [3.8, 4) is 0 Å². The summed E-state index contributed by atoms with van der Waals surface area (Å²) >= 11 is 0. The van der Waals surface area contributed by atoms with Crippen molar-refractivity contribution in [2.24, 2.45) is 5.92 Å². The van der Waals surface area contributed by atoms with E-state index < -0.39 is 0 Å². The van der Waals surface area contributed by atoms with Gasteiger partial charge in [-0.2, -0.15) is 0 Å². The minimum Gasteiger partial charge on any atom is -0.366 e. The molecule has 0 radical (unpaired) electrons. The summed E-state index contributed by atoms with van der Waals surface area (Å²) in [5, 5.41) is 3.59. The van der Waals surface area contributed by atoms with Gasteiger partial charge < -0.3 is 15.0 Å². The Morgan fingerprint density at radius 3 is 2.47 bits per heavy atom. The van der Waals surface area contributed by atoms with Crippen LogP contribution in [0.3, 0.4) is 0 Å². The molecule has 2 heterocycles. The van der Waals surface area contributed by atoms with E-state index in [2.05, 4.69) is 5.32 Å².